The van der Waals surface area contributed by atoms with E-state index in [1.165, 1.54) is 6.21 Å². The summed E-state index contributed by atoms with van der Waals surface area (Å²) in [6.45, 7) is 7.06. The molecule has 1 N–H and O–H groups in total. The standard InChI is InChI=1S/C10H16N2O4/c1-4-5-12-16-10(14)11-6-7-15-9(13)8(2)3/h5H,2,4,6-7H2,1,3H3,(H,11,14)/b12-5+. The van der Waals surface area contributed by atoms with Crippen LogP contribution in [0.5, 0.6) is 0 Å². The monoisotopic (exact) mass is 228 g/mol. The van der Waals surface area contributed by atoms with Crippen LogP contribution in [0.15, 0.2) is 17.3 Å². The zero-order chi connectivity index (χ0) is 12.4. The van der Waals surface area contributed by atoms with Crippen molar-refractivity contribution in [1.82, 2.24) is 5.32 Å². The second kappa shape index (κ2) is 8.46. The smallest absolute Gasteiger partial charge is 0.433 e. The summed E-state index contributed by atoms with van der Waals surface area (Å²) in [6, 6.07) is 0. The maximum absolute atomic E-state index is 10.9. The largest absolute Gasteiger partial charge is 0.460 e. The lowest BCUT2D eigenvalue weighted by Crippen LogP contribution is -2.27. The van der Waals surface area contributed by atoms with Gasteiger partial charge in [-0.2, -0.15) is 0 Å². The number of carbonyl (C=O) groups excluding carboxylic acids is 2. The second-order valence-electron chi connectivity index (χ2n) is 2.92. The van der Waals surface area contributed by atoms with Crippen LogP contribution in [-0.4, -0.2) is 31.4 Å². The van der Waals surface area contributed by atoms with Crippen LogP contribution in [0.25, 0.3) is 0 Å². The van der Waals surface area contributed by atoms with Crippen molar-refractivity contribution in [3.63, 3.8) is 0 Å². The summed E-state index contributed by atoms with van der Waals surface area (Å²) >= 11 is 0. The van der Waals surface area contributed by atoms with E-state index < -0.39 is 12.1 Å². The Hall–Kier alpha value is -1.85. The molecule has 0 aliphatic carbocycles. The lowest BCUT2D eigenvalue weighted by molar-refractivity contribution is -0.138. The van der Waals surface area contributed by atoms with Gasteiger partial charge in [0.1, 0.15) is 6.61 Å². The predicted octanol–water partition coefficient (Wildman–Crippen LogP) is 1.23. The molecule has 0 fully saturated rings. The van der Waals surface area contributed by atoms with Crippen molar-refractivity contribution in [2.24, 2.45) is 5.16 Å². The second-order valence-corrected chi connectivity index (χ2v) is 2.92. The Morgan fingerprint density at radius 2 is 2.19 bits per heavy atom. The minimum atomic E-state index is -0.684. The molecular formula is C10H16N2O4. The molecule has 0 aromatic rings. The minimum Gasteiger partial charge on any atom is -0.460 e. The summed E-state index contributed by atoms with van der Waals surface area (Å²) in [6.07, 6.45) is 1.46. The van der Waals surface area contributed by atoms with E-state index in [0.29, 0.717) is 12.0 Å². The van der Waals surface area contributed by atoms with Gasteiger partial charge in [0.25, 0.3) is 0 Å². The normalized spacial score (nSPS) is 9.88. The molecule has 0 aromatic carbocycles. The van der Waals surface area contributed by atoms with Gasteiger partial charge in [-0.1, -0.05) is 18.7 Å². The van der Waals surface area contributed by atoms with E-state index in [-0.39, 0.29) is 13.2 Å². The van der Waals surface area contributed by atoms with Crippen molar-refractivity contribution < 1.29 is 19.2 Å². The predicted molar refractivity (Wildman–Crippen MR) is 59.0 cm³/mol. The number of ether oxygens (including phenoxy) is 1. The van der Waals surface area contributed by atoms with Gasteiger partial charge >= 0.3 is 12.1 Å². The maximum Gasteiger partial charge on any atom is 0.433 e. The molecule has 0 saturated heterocycles. The number of oxime groups is 1. The van der Waals surface area contributed by atoms with Crippen LogP contribution in [0.2, 0.25) is 0 Å². The van der Waals surface area contributed by atoms with Gasteiger partial charge in [0.2, 0.25) is 0 Å². The van der Waals surface area contributed by atoms with Gasteiger partial charge in [-0.3, -0.25) is 4.84 Å². The maximum atomic E-state index is 10.9. The highest BCUT2D eigenvalue weighted by atomic mass is 16.7. The van der Waals surface area contributed by atoms with Crippen LogP contribution < -0.4 is 5.32 Å². The van der Waals surface area contributed by atoms with E-state index in [4.69, 9.17) is 4.74 Å². The molecule has 0 unspecified atom stereocenters. The molecule has 0 aliphatic rings. The van der Waals surface area contributed by atoms with Crippen LogP contribution in [0.3, 0.4) is 0 Å². The Morgan fingerprint density at radius 3 is 2.75 bits per heavy atom. The number of rotatable bonds is 6. The van der Waals surface area contributed by atoms with Crippen molar-refractivity contribution >= 4 is 18.3 Å². The van der Waals surface area contributed by atoms with Crippen LogP contribution in [0, 0.1) is 0 Å². The van der Waals surface area contributed by atoms with Crippen molar-refractivity contribution in [3.8, 4) is 0 Å². The topological polar surface area (TPSA) is 77.0 Å². The van der Waals surface area contributed by atoms with Gasteiger partial charge in [-0.15, -0.1) is 0 Å². The quantitative estimate of drug-likeness (QED) is 0.185. The number of nitrogens with one attached hydrogen (secondary N) is 1. The molecule has 16 heavy (non-hydrogen) atoms. The van der Waals surface area contributed by atoms with Gasteiger partial charge < -0.3 is 10.1 Å². The summed E-state index contributed by atoms with van der Waals surface area (Å²) in [7, 11) is 0. The summed E-state index contributed by atoms with van der Waals surface area (Å²) in [4.78, 5) is 26.2. The molecule has 0 atom stereocenters. The Labute approximate surface area is 94.3 Å². The summed E-state index contributed by atoms with van der Waals surface area (Å²) in [5.41, 5.74) is 0.315. The van der Waals surface area contributed by atoms with Gasteiger partial charge in [-0.05, 0) is 13.3 Å². The van der Waals surface area contributed by atoms with Crippen LogP contribution >= 0.6 is 0 Å². The SMILES string of the molecule is C=C(C)C(=O)OCCNC(=O)O/N=C/CC. The van der Waals surface area contributed by atoms with Crippen molar-refractivity contribution in [2.45, 2.75) is 20.3 Å². The highest BCUT2D eigenvalue weighted by molar-refractivity contribution is 5.86. The molecule has 0 heterocycles. The summed E-state index contributed by atoms with van der Waals surface area (Å²) in [5, 5.41) is 5.73. The fraction of sp³-hybridized carbons (Fsp3) is 0.500. The number of hydrogen-bond acceptors (Lipinski definition) is 5. The zero-order valence-electron chi connectivity index (χ0n) is 9.49. The number of nitrogens with zero attached hydrogens (tertiary/aromatic N) is 1. The average Bonchev–Trinajstić information content (AvgIpc) is 2.24. The molecule has 6 nitrogen and oxygen atoms in total. The van der Waals surface area contributed by atoms with E-state index >= 15 is 0 Å². The Kier molecular flexibility index (Phi) is 7.48. The highest BCUT2D eigenvalue weighted by Crippen LogP contribution is 1.90. The molecule has 6 heteroatoms. The third-order valence-corrected chi connectivity index (χ3v) is 1.35. The Morgan fingerprint density at radius 1 is 1.50 bits per heavy atom. The van der Waals surface area contributed by atoms with E-state index in [2.05, 4.69) is 21.9 Å². The Balaban J connectivity index is 3.52. The van der Waals surface area contributed by atoms with E-state index in [9.17, 15) is 9.59 Å². The van der Waals surface area contributed by atoms with Crippen molar-refractivity contribution in [3.05, 3.63) is 12.2 Å². The van der Waals surface area contributed by atoms with Crippen molar-refractivity contribution in [2.75, 3.05) is 13.2 Å². The first kappa shape index (κ1) is 14.2. The first-order valence-corrected chi connectivity index (χ1v) is 4.87. The van der Waals surface area contributed by atoms with Gasteiger partial charge in [0.05, 0.1) is 6.54 Å². The fourth-order valence-corrected chi connectivity index (χ4v) is 0.612. The van der Waals surface area contributed by atoms with Crippen LogP contribution in [0.1, 0.15) is 20.3 Å². The number of amides is 1. The molecule has 0 aliphatic heterocycles. The van der Waals surface area contributed by atoms with Crippen LogP contribution in [-0.2, 0) is 14.4 Å². The number of esters is 1. The highest BCUT2D eigenvalue weighted by Gasteiger charge is 2.03. The number of carbonyl (C=O) groups is 2. The third-order valence-electron chi connectivity index (χ3n) is 1.35. The first-order chi connectivity index (χ1) is 7.57. The molecule has 0 spiro atoms. The fourth-order valence-electron chi connectivity index (χ4n) is 0.612. The molecule has 0 aromatic heterocycles. The lowest BCUT2D eigenvalue weighted by atomic mass is 10.4. The molecule has 0 rings (SSSR count). The summed E-state index contributed by atoms with van der Waals surface area (Å²) < 4.78 is 4.73. The lowest BCUT2D eigenvalue weighted by Gasteiger charge is -2.04. The van der Waals surface area contributed by atoms with Crippen molar-refractivity contribution in [1.29, 1.82) is 0 Å². The van der Waals surface area contributed by atoms with E-state index in [1.54, 1.807) is 6.92 Å². The molecule has 0 saturated carbocycles. The molecular weight excluding hydrogens is 212 g/mol. The minimum absolute atomic E-state index is 0.0677. The summed E-state index contributed by atoms with van der Waals surface area (Å²) in [5.74, 6) is -0.487. The Bertz CT molecular complexity index is 287. The molecule has 1 amide bonds. The van der Waals surface area contributed by atoms with Gasteiger partial charge in [-0.25, -0.2) is 9.59 Å². The molecule has 0 bridgehead atoms. The molecule has 0 radical (unpaired) electrons. The van der Waals surface area contributed by atoms with Crippen LogP contribution in [0.4, 0.5) is 4.79 Å². The van der Waals surface area contributed by atoms with E-state index in [1.807, 2.05) is 6.92 Å². The first-order valence-electron chi connectivity index (χ1n) is 4.87. The van der Waals surface area contributed by atoms with E-state index in [0.717, 1.165) is 0 Å². The molecule has 90 valence electrons. The third kappa shape index (κ3) is 7.54. The van der Waals surface area contributed by atoms with Gasteiger partial charge in [0.15, 0.2) is 0 Å². The average molecular weight is 228 g/mol. The number of hydrogen-bond donors (Lipinski definition) is 1. The zero-order valence-corrected chi connectivity index (χ0v) is 9.49. The van der Waals surface area contributed by atoms with Gasteiger partial charge in [0, 0.05) is 11.8 Å².